The highest BCUT2D eigenvalue weighted by molar-refractivity contribution is 9.10. The van der Waals surface area contributed by atoms with Gasteiger partial charge in [-0.1, -0.05) is 15.9 Å². The summed E-state index contributed by atoms with van der Waals surface area (Å²) >= 11 is 3.24. The largest absolute Gasteiger partial charge is 0.318 e. The molecule has 2 saturated carbocycles. The van der Waals surface area contributed by atoms with E-state index in [0.29, 0.717) is 9.78 Å². The van der Waals surface area contributed by atoms with E-state index in [1.807, 2.05) is 0 Å². The van der Waals surface area contributed by atoms with Crippen LogP contribution in [0.5, 0.6) is 0 Å². The summed E-state index contributed by atoms with van der Waals surface area (Å²) in [6.45, 7) is 0. The number of benzene rings is 1. The van der Waals surface area contributed by atoms with Crippen molar-refractivity contribution in [1.82, 2.24) is 0 Å². The van der Waals surface area contributed by atoms with Gasteiger partial charge in [0.05, 0.1) is 0 Å². The van der Waals surface area contributed by atoms with Gasteiger partial charge in [0.25, 0.3) is 0 Å². The fourth-order valence-corrected chi connectivity index (χ4v) is 6.63. The fourth-order valence-electron chi connectivity index (χ4n) is 2.37. The van der Waals surface area contributed by atoms with Crippen molar-refractivity contribution in [2.45, 2.75) is 37.0 Å². The SMILES string of the molecule is O=P(c1ccc(Br)cc1F)(C1CC1)C1CC1. The topological polar surface area (TPSA) is 17.1 Å². The maximum atomic E-state index is 13.9. The van der Waals surface area contributed by atoms with E-state index in [0.717, 1.165) is 25.7 Å². The standard InChI is InChI=1S/C12H13BrFOP/c13-8-1-6-12(11(14)7-8)16(15,9-2-3-9)10-4-5-10/h1,6-7,9-10H,2-5H2. The summed E-state index contributed by atoms with van der Waals surface area (Å²) in [4.78, 5) is 0. The van der Waals surface area contributed by atoms with Crippen LogP contribution in [0.1, 0.15) is 25.7 Å². The fraction of sp³-hybridized carbons (Fsp3) is 0.500. The number of hydrogen-bond donors (Lipinski definition) is 0. The quantitative estimate of drug-likeness (QED) is 0.774. The Balaban J connectivity index is 2.08. The zero-order valence-electron chi connectivity index (χ0n) is 8.83. The molecule has 0 aromatic heterocycles. The van der Waals surface area contributed by atoms with Gasteiger partial charge in [-0.25, -0.2) is 4.39 Å². The third-order valence-electron chi connectivity index (χ3n) is 3.46. The van der Waals surface area contributed by atoms with Crippen molar-refractivity contribution in [2.75, 3.05) is 0 Å². The van der Waals surface area contributed by atoms with Crippen LogP contribution in [-0.2, 0) is 4.57 Å². The molecule has 2 fully saturated rings. The summed E-state index contributed by atoms with van der Waals surface area (Å²) < 4.78 is 27.7. The Kier molecular flexibility index (Phi) is 2.52. The first-order valence-corrected chi connectivity index (χ1v) is 8.31. The van der Waals surface area contributed by atoms with Crippen LogP contribution in [0.3, 0.4) is 0 Å². The first kappa shape index (κ1) is 11.0. The van der Waals surface area contributed by atoms with Gasteiger partial charge in [-0.3, -0.25) is 0 Å². The molecule has 1 aromatic carbocycles. The Morgan fingerprint density at radius 3 is 2.19 bits per heavy atom. The normalized spacial score (nSPS) is 21.1. The van der Waals surface area contributed by atoms with Crippen LogP contribution >= 0.6 is 23.1 Å². The Bertz CT molecular complexity index is 464. The van der Waals surface area contributed by atoms with E-state index < -0.39 is 7.14 Å². The zero-order valence-corrected chi connectivity index (χ0v) is 11.3. The molecule has 2 aliphatic rings. The predicted molar refractivity (Wildman–Crippen MR) is 67.4 cm³/mol. The molecular formula is C12H13BrFOP. The average molecular weight is 303 g/mol. The minimum Gasteiger partial charge on any atom is -0.318 e. The molecule has 0 heterocycles. The van der Waals surface area contributed by atoms with E-state index in [1.165, 1.54) is 6.07 Å². The van der Waals surface area contributed by atoms with Crippen LogP contribution in [0.15, 0.2) is 22.7 Å². The van der Waals surface area contributed by atoms with Gasteiger partial charge in [-0.2, -0.15) is 0 Å². The highest BCUT2D eigenvalue weighted by atomic mass is 79.9. The molecule has 0 unspecified atom stereocenters. The van der Waals surface area contributed by atoms with Gasteiger partial charge in [0.15, 0.2) is 0 Å². The van der Waals surface area contributed by atoms with E-state index in [-0.39, 0.29) is 17.1 Å². The summed E-state index contributed by atoms with van der Waals surface area (Å²) in [5, 5.41) is 0.501. The summed E-state index contributed by atoms with van der Waals surface area (Å²) in [6, 6.07) is 4.96. The predicted octanol–water partition coefficient (Wildman–Crippen LogP) is 3.90. The zero-order chi connectivity index (χ0) is 11.3. The van der Waals surface area contributed by atoms with Crippen molar-refractivity contribution >= 4 is 28.4 Å². The molecule has 86 valence electrons. The van der Waals surface area contributed by atoms with Crippen molar-refractivity contribution in [3.05, 3.63) is 28.5 Å². The van der Waals surface area contributed by atoms with Gasteiger partial charge >= 0.3 is 0 Å². The van der Waals surface area contributed by atoms with Gasteiger partial charge in [0.1, 0.15) is 13.0 Å². The Labute approximate surface area is 103 Å². The maximum Gasteiger partial charge on any atom is 0.135 e. The molecule has 0 aliphatic heterocycles. The van der Waals surface area contributed by atoms with Crippen molar-refractivity contribution < 1.29 is 8.96 Å². The summed E-state index contributed by atoms with van der Waals surface area (Å²) in [6.07, 6.45) is 4.07. The van der Waals surface area contributed by atoms with Crippen LogP contribution in [0.4, 0.5) is 4.39 Å². The van der Waals surface area contributed by atoms with Crippen LogP contribution in [0, 0.1) is 5.82 Å². The van der Waals surface area contributed by atoms with Crippen LogP contribution < -0.4 is 5.30 Å². The maximum absolute atomic E-state index is 13.9. The second-order valence-electron chi connectivity index (χ2n) is 4.77. The second-order valence-corrected chi connectivity index (χ2v) is 9.04. The van der Waals surface area contributed by atoms with Gasteiger partial charge in [0, 0.05) is 21.1 Å². The Morgan fingerprint density at radius 2 is 1.75 bits per heavy atom. The molecule has 1 nitrogen and oxygen atoms in total. The van der Waals surface area contributed by atoms with Gasteiger partial charge < -0.3 is 4.57 Å². The lowest BCUT2D eigenvalue weighted by Gasteiger charge is -2.18. The Morgan fingerprint density at radius 1 is 1.19 bits per heavy atom. The van der Waals surface area contributed by atoms with E-state index in [4.69, 9.17) is 0 Å². The third kappa shape index (κ3) is 1.69. The molecule has 0 saturated heterocycles. The molecular weight excluding hydrogens is 290 g/mol. The van der Waals surface area contributed by atoms with E-state index in [1.54, 1.807) is 12.1 Å². The molecule has 0 radical (unpaired) electrons. The van der Waals surface area contributed by atoms with Crippen LogP contribution in [0.2, 0.25) is 0 Å². The van der Waals surface area contributed by atoms with Crippen LogP contribution in [0.25, 0.3) is 0 Å². The van der Waals surface area contributed by atoms with E-state index >= 15 is 0 Å². The molecule has 16 heavy (non-hydrogen) atoms. The Hall–Kier alpha value is -0.140. The van der Waals surface area contributed by atoms with Crippen molar-refractivity contribution in [3.8, 4) is 0 Å². The summed E-state index contributed by atoms with van der Waals surface area (Å²) in [5.74, 6) is -0.295. The van der Waals surface area contributed by atoms with Gasteiger partial charge in [-0.05, 0) is 43.9 Å². The molecule has 0 bridgehead atoms. The lowest BCUT2D eigenvalue weighted by Crippen LogP contribution is -2.16. The van der Waals surface area contributed by atoms with Crippen molar-refractivity contribution in [3.63, 3.8) is 0 Å². The molecule has 1 aromatic rings. The molecule has 0 N–H and O–H groups in total. The minimum atomic E-state index is -2.45. The monoisotopic (exact) mass is 302 g/mol. The first-order chi connectivity index (χ1) is 7.62. The highest BCUT2D eigenvalue weighted by Gasteiger charge is 2.52. The average Bonchev–Trinajstić information content (AvgIpc) is 3.08. The van der Waals surface area contributed by atoms with Gasteiger partial charge in [-0.15, -0.1) is 0 Å². The summed E-state index contributed by atoms with van der Waals surface area (Å²) in [5.41, 5.74) is 0.548. The number of rotatable bonds is 3. The minimum absolute atomic E-state index is 0.274. The summed E-state index contributed by atoms with van der Waals surface area (Å²) in [7, 11) is -2.45. The second kappa shape index (κ2) is 3.68. The number of hydrogen-bond acceptors (Lipinski definition) is 1. The molecule has 0 atom stereocenters. The lowest BCUT2D eigenvalue weighted by atomic mass is 10.3. The molecule has 4 heteroatoms. The molecule has 2 aliphatic carbocycles. The lowest BCUT2D eigenvalue weighted by molar-refractivity contribution is 0.575. The highest BCUT2D eigenvalue weighted by Crippen LogP contribution is 2.69. The molecule has 3 rings (SSSR count). The number of halogens is 2. The van der Waals surface area contributed by atoms with Gasteiger partial charge in [0.2, 0.25) is 0 Å². The van der Waals surface area contributed by atoms with E-state index in [9.17, 15) is 8.96 Å². The van der Waals surface area contributed by atoms with E-state index in [2.05, 4.69) is 15.9 Å². The third-order valence-corrected chi connectivity index (χ3v) is 8.28. The molecule has 0 amide bonds. The van der Waals surface area contributed by atoms with Crippen molar-refractivity contribution in [1.29, 1.82) is 0 Å². The smallest absolute Gasteiger partial charge is 0.135 e. The molecule has 0 spiro atoms. The van der Waals surface area contributed by atoms with Crippen molar-refractivity contribution in [2.24, 2.45) is 0 Å². The first-order valence-electron chi connectivity index (χ1n) is 5.67. The van der Waals surface area contributed by atoms with Crippen LogP contribution in [-0.4, -0.2) is 11.3 Å².